The molecule has 0 saturated heterocycles. The van der Waals surface area contributed by atoms with Gasteiger partial charge in [0.25, 0.3) is 0 Å². The highest BCUT2D eigenvalue weighted by Gasteiger charge is 2.39. The number of methoxy groups -OCH3 is 1. The Balaban J connectivity index is 2.24. The molecule has 0 heterocycles. The van der Waals surface area contributed by atoms with E-state index in [-0.39, 0.29) is 17.2 Å². The Morgan fingerprint density at radius 3 is 2.28 bits per heavy atom. The minimum Gasteiger partial charge on any atom is -0.378 e. The monoisotopic (exact) mass is 250 g/mol. The molecule has 2 nitrogen and oxygen atoms in total. The minimum absolute atomic E-state index is 0.0616. The van der Waals surface area contributed by atoms with E-state index in [2.05, 4.69) is 0 Å². The molecular weight excluding hydrogens is 231 g/mol. The van der Waals surface area contributed by atoms with E-state index in [4.69, 9.17) is 4.74 Å². The summed E-state index contributed by atoms with van der Waals surface area (Å²) in [6.07, 6.45) is 3.39. The van der Waals surface area contributed by atoms with Crippen molar-refractivity contribution in [2.75, 3.05) is 7.11 Å². The molecule has 0 radical (unpaired) electrons. The zero-order valence-corrected chi connectivity index (χ0v) is 11.2. The molecule has 0 amide bonds. The zero-order chi connectivity index (χ0) is 13.3. The summed E-state index contributed by atoms with van der Waals surface area (Å²) in [6, 6.07) is 2.83. The van der Waals surface area contributed by atoms with Gasteiger partial charge in [0, 0.05) is 19.1 Å². The normalized spacial score (nSPS) is 17.3. The molecule has 0 aliphatic heterocycles. The predicted molar refractivity (Wildman–Crippen MR) is 68.4 cm³/mol. The lowest BCUT2D eigenvalue weighted by molar-refractivity contribution is -0.0705. The lowest BCUT2D eigenvalue weighted by atomic mass is 9.75. The predicted octanol–water partition coefficient (Wildman–Crippen LogP) is 3.58. The summed E-state index contributed by atoms with van der Waals surface area (Å²) in [7, 11) is 1.66. The number of aryl methyl sites for hydroxylation is 2. The van der Waals surface area contributed by atoms with Crippen molar-refractivity contribution in [2.45, 2.75) is 45.1 Å². The van der Waals surface area contributed by atoms with Gasteiger partial charge in [0.15, 0.2) is 5.78 Å². The van der Waals surface area contributed by atoms with E-state index in [1.165, 1.54) is 12.1 Å². The topological polar surface area (TPSA) is 26.3 Å². The Morgan fingerprint density at radius 2 is 1.89 bits per heavy atom. The molecule has 0 unspecified atom stereocenters. The fraction of sp³-hybridized carbons (Fsp3) is 0.533. The van der Waals surface area contributed by atoms with Crippen molar-refractivity contribution in [3.63, 3.8) is 0 Å². The lowest BCUT2D eigenvalue weighted by Crippen LogP contribution is -2.41. The van der Waals surface area contributed by atoms with Gasteiger partial charge >= 0.3 is 0 Å². The second-order valence-corrected chi connectivity index (χ2v) is 5.26. The first-order chi connectivity index (χ1) is 8.47. The average Bonchev–Trinajstić information content (AvgIpc) is 2.21. The van der Waals surface area contributed by atoms with Crippen LogP contribution in [0.3, 0.4) is 0 Å². The van der Waals surface area contributed by atoms with Crippen LogP contribution in [0, 0.1) is 19.7 Å². The molecule has 0 atom stereocenters. The Hall–Kier alpha value is -1.22. The number of ether oxygens (including phenoxy) is 1. The Bertz CT molecular complexity index is 447. The SMILES string of the molecule is COC1(CC(=O)c2c(C)cc(F)cc2C)CCC1. The largest absolute Gasteiger partial charge is 0.378 e. The van der Waals surface area contributed by atoms with E-state index in [1.54, 1.807) is 21.0 Å². The molecule has 0 N–H and O–H groups in total. The van der Waals surface area contributed by atoms with E-state index in [9.17, 15) is 9.18 Å². The second kappa shape index (κ2) is 4.81. The number of hydrogen-bond donors (Lipinski definition) is 0. The molecular formula is C15H19FO2. The van der Waals surface area contributed by atoms with E-state index in [0.29, 0.717) is 23.1 Å². The maximum atomic E-state index is 13.2. The molecule has 18 heavy (non-hydrogen) atoms. The average molecular weight is 250 g/mol. The summed E-state index contributed by atoms with van der Waals surface area (Å²) in [5.74, 6) is -0.224. The first-order valence-corrected chi connectivity index (χ1v) is 6.32. The van der Waals surface area contributed by atoms with E-state index >= 15 is 0 Å². The van der Waals surface area contributed by atoms with Crippen molar-refractivity contribution < 1.29 is 13.9 Å². The van der Waals surface area contributed by atoms with Crippen LogP contribution in [-0.2, 0) is 4.74 Å². The zero-order valence-electron chi connectivity index (χ0n) is 11.2. The molecule has 0 aromatic heterocycles. The van der Waals surface area contributed by atoms with Crippen molar-refractivity contribution in [2.24, 2.45) is 0 Å². The number of rotatable bonds is 4. The quantitative estimate of drug-likeness (QED) is 0.763. The minimum atomic E-state index is -0.286. The van der Waals surface area contributed by atoms with Crippen LogP contribution in [0.1, 0.15) is 47.2 Å². The fourth-order valence-corrected chi connectivity index (χ4v) is 2.76. The van der Waals surface area contributed by atoms with Crippen LogP contribution >= 0.6 is 0 Å². The maximum absolute atomic E-state index is 13.2. The standard InChI is InChI=1S/C15H19FO2/c1-10-7-12(16)8-11(2)14(10)13(17)9-15(18-3)5-4-6-15/h7-8H,4-6,9H2,1-3H3. The smallest absolute Gasteiger partial charge is 0.166 e. The van der Waals surface area contributed by atoms with Crippen molar-refractivity contribution in [3.8, 4) is 0 Å². The summed E-state index contributed by atoms with van der Waals surface area (Å²) in [6.45, 7) is 3.56. The first-order valence-electron chi connectivity index (χ1n) is 6.32. The number of hydrogen-bond acceptors (Lipinski definition) is 2. The summed E-state index contributed by atoms with van der Waals surface area (Å²) in [5, 5.41) is 0. The van der Waals surface area contributed by atoms with Gasteiger partial charge in [0.1, 0.15) is 5.82 Å². The first kappa shape index (κ1) is 13.2. The highest BCUT2D eigenvalue weighted by Crippen LogP contribution is 2.39. The van der Waals surface area contributed by atoms with Gasteiger partial charge in [-0.15, -0.1) is 0 Å². The third-order valence-electron chi connectivity index (χ3n) is 3.96. The van der Waals surface area contributed by atoms with E-state index in [0.717, 1.165) is 19.3 Å². The number of carbonyl (C=O) groups is 1. The number of carbonyl (C=O) groups excluding carboxylic acids is 1. The van der Waals surface area contributed by atoms with Gasteiger partial charge in [-0.2, -0.15) is 0 Å². The summed E-state index contributed by atoms with van der Waals surface area (Å²) in [5.41, 5.74) is 1.80. The van der Waals surface area contributed by atoms with Gasteiger partial charge in [0.2, 0.25) is 0 Å². The van der Waals surface area contributed by atoms with Crippen LogP contribution in [-0.4, -0.2) is 18.5 Å². The number of halogens is 1. The second-order valence-electron chi connectivity index (χ2n) is 5.26. The molecule has 1 aliphatic carbocycles. The molecule has 1 aromatic carbocycles. The van der Waals surface area contributed by atoms with Crippen LogP contribution in [0.4, 0.5) is 4.39 Å². The van der Waals surface area contributed by atoms with Crippen LogP contribution in [0.5, 0.6) is 0 Å². The van der Waals surface area contributed by atoms with Gasteiger partial charge in [-0.05, 0) is 56.4 Å². The van der Waals surface area contributed by atoms with Crippen LogP contribution < -0.4 is 0 Å². The Labute approximate surface area is 107 Å². The number of ketones is 1. The van der Waals surface area contributed by atoms with Gasteiger partial charge in [-0.25, -0.2) is 4.39 Å². The van der Waals surface area contributed by atoms with Gasteiger partial charge in [-0.1, -0.05) is 0 Å². The van der Waals surface area contributed by atoms with Crippen LogP contribution in [0.25, 0.3) is 0 Å². The van der Waals surface area contributed by atoms with Crippen molar-refractivity contribution in [1.29, 1.82) is 0 Å². The van der Waals surface area contributed by atoms with Crippen molar-refractivity contribution >= 4 is 5.78 Å². The van der Waals surface area contributed by atoms with Crippen molar-refractivity contribution in [1.82, 2.24) is 0 Å². The molecule has 3 heteroatoms. The van der Waals surface area contributed by atoms with Crippen LogP contribution in [0.2, 0.25) is 0 Å². The molecule has 1 aromatic rings. The number of Topliss-reactive ketones (excluding diaryl/α,β-unsaturated/α-hetero) is 1. The molecule has 1 aliphatic rings. The number of benzene rings is 1. The molecule has 98 valence electrons. The lowest BCUT2D eigenvalue weighted by Gasteiger charge is -2.40. The third kappa shape index (κ3) is 2.32. The summed E-state index contributed by atoms with van der Waals surface area (Å²) >= 11 is 0. The highest BCUT2D eigenvalue weighted by molar-refractivity contribution is 5.99. The molecule has 1 fully saturated rings. The Morgan fingerprint density at radius 1 is 1.33 bits per heavy atom. The summed E-state index contributed by atoms with van der Waals surface area (Å²) in [4.78, 5) is 12.4. The van der Waals surface area contributed by atoms with Gasteiger partial charge in [-0.3, -0.25) is 4.79 Å². The molecule has 1 saturated carbocycles. The van der Waals surface area contributed by atoms with E-state index in [1.807, 2.05) is 0 Å². The summed E-state index contributed by atoms with van der Waals surface area (Å²) < 4.78 is 18.7. The van der Waals surface area contributed by atoms with Gasteiger partial charge in [0.05, 0.1) is 5.60 Å². The Kier molecular flexibility index (Phi) is 3.53. The fourth-order valence-electron chi connectivity index (χ4n) is 2.76. The highest BCUT2D eigenvalue weighted by atomic mass is 19.1. The molecule has 0 bridgehead atoms. The maximum Gasteiger partial charge on any atom is 0.166 e. The molecule has 2 rings (SSSR count). The van der Waals surface area contributed by atoms with E-state index < -0.39 is 0 Å². The molecule has 0 spiro atoms. The van der Waals surface area contributed by atoms with Gasteiger partial charge < -0.3 is 4.74 Å². The van der Waals surface area contributed by atoms with Crippen LogP contribution in [0.15, 0.2) is 12.1 Å². The third-order valence-corrected chi connectivity index (χ3v) is 3.96. The van der Waals surface area contributed by atoms with Crippen molar-refractivity contribution in [3.05, 3.63) is 34.6 Å².